The summed E-state index contributed by atoms with van der Waals surface area (Å²) in [4.78, 5) is 11.7. The number of aromatic carboxylic acids is 1. The van der Waals surface area contributed by atoms with Crippen LogP contribution in [-0.4, -0.2) is 26.9 Å². The number of furan rings is 1. The Labute approximate surface area is 152 Å². The summed E-state index contributed by atoms with van der Waals surface area (Å²) in [6.07, 6.45) is 0. The van der Waals surface area contributed by atoms with Crippen molar-refractivity contribution in [3.63, 3.8) is 0 Å². The Bertz CT molecular complexity index is 1000. The Hall–Kier alpha value is -2.23. The van der Waals surface area contributed by atoms with Crippen LogP contribution in [0.15, 0.2) is 45.3 Å². The highest BCUT2D eigenvalue weighted by atomic mass is 79.9. The van der Waals surface area contributed by atoms with E-state index in [0.29, 0.717) is 15.4 Å². The van der Waals surface area contributed by atoms with Crippen molar-refractivity contribution < 1.29 is 27.5 Å². The highest BCUT2D eigenvalue weighted by Gasteiger charge is 2.23. The number of anilines is 1. The van der Waals surface area contributed by atoms with Gasteiger partial charge in [0, 0.05) is 39.8 Å². The fraction of sp³-hybridized carbons (Fsp3) is 0.0625. The predicted octanol–water partition coefficient (Wildman–Crippen LogP) is 3.93. The van der Waals surface area contributed by atoms with Gasteiger partial charge in [-0.05, 0) is 46.3 Å². The molecule has 3 rings (SSSR count). The van der Waals surface area contributed by atoms with Gasteiger partial charge in [0.15, 0.2) is 0 Å². The average molecular weight is 427 g/mol. The molecule has 2 aromatic carbocycles. The quantitative estimate of drug-likeness (QED) is 0.637. The predicted molar refractivity (Wildman–Crippen MR) is 93.6 cm³/mol. The Kier molecular flexibility index (Phi) is 4.63. The van der Waals surface area contributed by atoms with E-state index in [2.05, 4.69) is 15.9 Å². The van der Waals surface area contributed by atoms with Crippen molar-refractivity contribution in [2.75, 3.05) is 11.4 Å². The first-order chi connectivity index (χ1) is 11.8. The van der Waals surface area contributed by atoms with Crippen LogP contribution in [-0.2, 0) is 11.3 Å². The molecule has 1 atom stereocenters. The first-order valence-electron chi connectivity index (χ1n) is 6.88. The number of carbonyl (C=O) groups is 1. The molecule has 0 radical (unpaired) electrons. The van der Waals surface area contributed by atoms with Crippen LogP contribution in [0.3, 0.4) is 0 Å². The second-order valence-corrected chi connectivity index (χ2v) is 6.97. The summed E-state index contributed by atoms with van der Waals surface area (Å²) in [5.74, 6) is -1.60. The van der Waals surface area contributed by atoms with E-state index >= 15 is 0 Å². The molecule has 130 valence electrons. The van der Waals surface area contributed by atoms with Crippen molar-refractivity contribution in [1.29, 1.82) is 0 Å². The third kappa shape index (κ3) is 3.17. The van der Waals surface area contributed by atoms with Crippen LogP contribution in [0.2, 0.25) is 0 Å². The third-order valence-corrected chi connectivity index (χ3v) is 4.92. The number of carboxylic acid groups (broad SMARTS) is 1. The van der Waals surface area contributed by atoms with Gasteiger partial charge in [-0.25, -0.2) is 9.18 Å². The summed E-state index contributed by atoms with van der Waals surface area (Å²) < 4.78 is 42.5. The molecule has 0 spiro atoms. The first-order valence-corrected chi connectivity index (χ1v) is 8.70. The molecule has 1 unspecified atom stereocenters. The Morgan fingerprint density at radius 3 is 2.52 bits per heavy atom. The molecule has 9 heteroatoms. The zero-order valence-electron chi connectivity index (χ0n) is 12.7. The van der Waals surface area contributed by atoms with E-state index in [1.54, 1.807) is 0 Å². The average Bonchev–Trinajstić information content (AvgIpc) is 2.92. The van der Waals surface area contributed by atoms with Crippen molar-refractivity contribution in [2.45, 2.75) is 0 Å². The van der Waals surface area contributed by atoms with Crippen molar-refractivity contribution in [3.8, 4) is 11.3 Å². The molecule has 0 aliphatic carbocycles. The minimum atomic E-state index is -2.51. The molecule has 0 amide bonds. The molecule has 25 heavy (non-hydrogen) atoms. The second-order valence-electron chi connectivity index (χ2n) is 5.13. The molecule has 0 aliphatic heterocycles. The SMILES string of the molecule is CN(c1cc2oc(-c3ccc(F)cc3)c(C(=O)O)c2cc1Br)S(=O)[O-]. The van der Waals surface area contributed by atoms with E-state index in [-0.39, 0.29) is 22.6 Å². The maximum Gasteiger partial charge on any atom is 0.340 e. The van der Waals surface area contributed by atoms with Crippen molar-refractivity contribution in [2.24, 2.45) is 0 Å². The van der Waals surface area contributed by atoms with Gasteiger partial charge in [0.05, 0.1) is 5.69 Å². The molecule has 1 N–H and O–H groups in total. The summed E-state index contributed by atoms with van der Waals surface area (Å²) in [5, 5.41) is 9.87. The molecule has 0 saturated carbocycles. The molecule has 0 aliphatic rings. The molecule has 3 aromatic rings. The van der Waals surface area contributed by atoms with E-state index in [4.69, 9.17) is 4.42 Å². The smallest absolute Gasteiger partial charge is 0.340 e. The minimum Gasteiger partial charge on any atom is -0.755 e. The van der Waals surface area contributed by atoms with Crippen LogP contribution < -0.4 is 4.31 Å². The zero-order chi connectivity index (χ0) is 18.3. The summed E-state index contributed by atoms with van der Waals surface area (Å²) in [6, 6.07) is 8.12. The lowest BCUT2D eigenvalue weighted by Gasteiger charge is -2.22. The number of hydrogen-bond donors (Lipinski definition) is 1. The maximum absolute atomic E-state index is 13.1. The molecule has 6 nitrogen and oxygen atoms in total. The molecular formula is C16H10BrFNO5S-. The number of nitrogens with zero attached hydrogens (tertiary/aromatic N) is 1. The van der Waals surface area contributed by atoms with E-state index in [9.17, 15) is 23.1 Å². The standard InChI is InChI=1S/C16H11BrFNO5S/c1-19(25(22)23)12-7-13-10(6-11(12)17)14(16(20)21)15(24-13)8-2-4-9(18)5-3-8/h2-7H,1H3,(H,20,21)(H,22,23)/p-1. The monoisotopic (exact) mass is 426 g/mol. The van der Waals surface area contributed by atoms with Crippen molar-refractivity contribution in [1.82, 2.24) is 0 Å². The molecule has 0 saturated heterocycles. The van der Waals surface area contributed by atoms with E-state index < -0.39 is 23.1 Å². The largest absolute Gasteiger partial charge is 0.755 e. The number of carboxylic acids is 1. The van der Waals surface area contributed by atoms with Crippen LogP contribution in [0, 0.1) is 5.82 Å². The van der Waals surface area contributed by atoms with E-state index in [1.165, 1.54) is 43.4 Å². The zero-order valence-corrected chi connectivity index (χ0v) is 15.1. The van der Waals surface area contributed by atoms with Gasteiger partial charge in [-0.1, -0.05) is 0 Å². The van der Waals surface area contributed by atoms with Crippen LogP contribution >= 0.6 is 15.9 Å². The lowest BCUT2D eigenvalue weighted by molar-refractivity contribution is 0.0699. The molecule has 1 heterocycles. The minimum absolute atomic E-state index is 0.0671. The Morgan fingerprint density at radius 1 is 1.32 bits per heavy atom. The number of halogens is 2. The van der Waals surface area contributed by atoms with Gasteiger partial charge in [0.25, 0.3) is 0 Å². The summed E-state index contributed by atoms with van der Waals surface area (Å²) in [6.45, 7) is 0. The summed E-state index contributed by atoms with van der Waals surface area (Å²) in [5.41, 5.74) is 0.803. The topological polar surface area (TPSA) is 93.8 Å². The normalized spacial score (nSPS) is 12.3. The highest BCUT2D eigenvalue weighted by molar-refractivity contribution is 9.10. The highest BCUT2D eigenvalue weighted by Crippen LogP contribution is 2.39. The lowest BCUT2D eigenvalue weighted by atomic mass is 10.1. The van der Waals surface area contributed by atoms with Crippen molar-refractivity contribution >= 4 is 49.8 Å². The molecular weight excluding hydrogens is 417 g/mol. The van der Waals surface area contributed by atoms with Gasteiger partial charge in [-0.3, -0.25) is 4.21 Å². The van der Waals surface area contributed by atoms with Gasteiger partial charge in [0.1, 0.15) is 22.7 Å². The van der Waals surface area contributed by atoms with E-state index in [1.807, 2.05) is 0 Å². The number of rotatable bonds is 4. The Morgan fingerprint density at radius 2 is 1.96 bits per heavy atom. The van der Waals surface area contributed by atoms with Crippen LogP contribution in [0.1, 0.15) is 10.4 Å². The maximum atomic E-state index is 13.1. The molecule has 0 fully saturated rings. The third-order valence-electron chi connectivity index (χ3n) is 3.64. The van der Waals surface area contributed by atoms with Gasteiger partial charge in [0.2, 0.25) is 0 Å². The fourth-order valence-electron chi connectivity index (χ4n) is 2.44. The molecule has 1 aromatic heterocycles. The van der Waals surface area contributed by atoms with E-state index in [0.717, 1.165) is 4.31 Å². The van der Waals surface area contributed by atoms with Crippen LogP contribution in [0.4, 0.5) is 10.1 Å². The van der Waals surface area contributed by atoms with Crippen LogP contribution in [0.5, 0.6) is 0 Å². The fourth-order valence-corrected chi connectivity index (χ4v) is 3.48. The second kappa shape index (κ2) is 6.58. The number of fused-ring (bicyclic) bond motifs is 1. The lowest BCUT2D eigenvalue weighted by Crippen LogP contribution is -2.19. The van der Waals surface area contributed by atoms with Gasteiger partial charge < -0.3 is 18.4 Å². The van der Waals surface area contributed by atoms with Gasteiger partial charge >= 0.3 is 5.97 Å². The first kappa shape index (κ1) is 17.6. The van der Waals surface area contributed by atoms with Crippen molar-refractivity contribution in [3.05, 3.63) is 52.3 Å². The van der Waals surface area contributed by atoms with Gasteiger partial charge in [-0.15, -0.1) is 0 Å². The number of hydrogen-bond acceptors (Lipinski definition) is 4. The van der Waals surface area contributed by atoms with Crippen LogP contribution in [0.25, 0.3) is 22.3 Å². The number of benzene rings is 2. The summed E-state index contributed by atoms with van der Waals surface area (Å²) >= 11 is 0.739. The Balaban J connectivity index is 2.28. The van der Waals surface area contributed by atoms with Gasteiger partial charge in [-0.2, -0.15) is 0 Å². The summed E-state index contributed by atoms with van der Waals surface area (Å²) in [7, 11) is 1.34. The molecule has 0 bridgehead atoms.